The second-order valence-electron chi connectivity index (χ2n) is 6.70. The van der Waals surface area contributed by atoms with Crippen LogP contribution in [0.3, 0.4) is 0 Å². The molecule has 3 N–H and O–H groups in total. The Hall–Kier alpha value is -2.38. The number of amides is 2. The zero-order valence-electron chi connectivity index (χ0n) is 15.7. The van der Waals surface area contributed by atoms with Gasteiger partial charge >= 0.3 is 0 Å². The summed E-state index contributed by atoms with van der Waals surface area (Å²) < 4.78 is 5.59. The summed E-state index contributed by atoms with van der Waals surface area (Å²) in [6, 6.07) is 7.53. The van der Waals surface area contributed by atoms with Crippen molar-refractivity contribution in [3.8, 4) is 5.75 Å². The summed E-state index contributed by atoms with van der Waals surface area (Å²) in [5, 5.41) is 3.35. The maximum atomic E-state index is 12.4. The van der Waals surface area contributed by atoms with Crippen molar-refractivity contribution >= 4 is 28.2 Å². The zero-order valence-corrected chi connectivity index (χ0v) is 16.5. The number of para-hydroxylation sites is 1. The number of rotatable bonds is 7. The number of nitrogens with one attached hydrogen (secondary N) is 1. The van der Waals surface area contributed by atoms with Crippen molar-refractivity contribution in [3.63, 3.8) is 0 Å². The number of aryl methyl sites for hydroxylation is 1. The monoisotopic (exact) mass is 387 g/mol. The molecule has 0 saturated heterocycles. The number of benzene rings is 1. The lowest BCUT2D eigenvalue weighted by molar-refractivity contribution is -0.118. The first-order valence-electron chi connectivity index (χ1n) is 9.14. The third kappa shape index (κ3) is 4.48. The molecule has 2 amide bonds. The molecule has 3 rings (SSSR count). The van der Waals surface area contributed by atoms with E-state index in [1.54, 1.807) is 0 Å². The number of hydrogen-bond acceptors (Lipinski definition) is 5. The van der Waals surface area contributed by atoms with Crippen LogP contribution >= 0.6 is 11.3 Å². The number of nitrogens with two attached hydrogens (primary N) is 1. The van der Waals surface area contributed by atoms with Gasteiger partial charge in [0.25, 0.3) is 11.8 Å². The Labute approximate surface area is 163 Å². The average Bonchev–Trinajstić information content (AvgIpc) is 2.98. The maximum absolute atomic E-state index is 12.4. The van der Waals surface area contributed by atoms with Crippen LogP contribution in [0, 0.1) is 6.92 Å². The number of anilines is 1. The second kappa shape index (κ2) is 8.54. The highest BCUT2D eigenvalue weighted by Crippen LogP contribution is 2.37. The average molecular weight is 388 g/mol. The molecule has 0 saturated carbocycles. The van der Waals surface area contributed by atoms with Crippen LogP contribution in [0.25, 0.3) is 0 Å². The standard InChI is InChI=1S/C20H25N3O3S/c1-3-9-23-10-8-14-16(11-23)27-20(18(14)19(21)25)22-17(24)12-26-15-7-5-4-6-13(15)2/h4-7H,3,8-12H2,1-2H3,(H2,21,25)(H,22,24). The number of hydrogen-bond donors (Lipinski definition) is 2. The van der Waals surface area contributed by atoms with E-state index in [1.165, 1.54) is 11.3 Å². The largest absolute Gasteiger partial charge is 0.483 e. The fourth-order valence-electron chi connectivity index (χ4n) is 3.34. The van der Waals surface area contributed by atoms with E-state index >= 15 is 0 Å². The molecular formula is C20H25N3O3S. The van der Waals surface area contributed by atoms with Crippen molar-refractivity contribution in [1.82, 2.24) is 4.90 Å². The molecule has 1 aliphatic heterocycles. The Bertz CT molecular complexity index is 847. The Morgan fingerprint density at radius 3 is 2.81 bits per heavy atom. The van der Waals surface area contributed by atoms with Crippen LogP contribution in [-0.2, 0) is 17.8 Å². The predicted octanol–water partition coefficient (Wildman–Crippen LogP) is 2.94. The van der Waals surface area contributed by atoms with E-state index in [2.05, 4.69) is 17.1 Å². The molecular weight excluding hydrogens is 362 g/mol. The smallest absolute Gasteiger partial charge is 0.262 e. The molecule has 0 radical (unpaired) electrons. The van der Waals surface area contributed by atoms with Crippen molar-refractivity contribution in [2.75, 3.05) is 25.0 Å². The normalized spacial score (nSPS) is 13.9. The van der Waals surface area contributed by atoms with Gasteiger partial charge in [0.05, 0.1) is 5.56 Å². The molecule has 2 aromatic rings. The van der Waals surface area contributed by atoms with Gasteiger partial charge in [-0.3, -0.25) is 14.5 Å². The van der Waals surface area contributed by atoms with Gasteiger partial charge in [-0.2, -0.15) is 0 Å². The summed E-state index contributed by atoms with van der Waals surface area (Å²) in [7, 11) is 0. The molecule has 0 unspecified atom stereocenters. The van der Waals surface area contributed by atoms with Crippen LogP contribution in [0.2, 0.25) is 0 Å². The number of carbonyl (C=O) groups excluding carboxylic acids is 2. The van der Waals surface area contributed by atoms with Gasteiger partial charge in [-0.15, -0.1) is 11.3 Å². The minimum absolute atomic E-state index is 0.117. The lowest BCUT2D eigenvalue weighted by Crippen LogP contribution is -2.31. The number of primary amides is 1. The first kappa shape index (κ1) is 19.4. The molecule has 0 spiro atoms. The van der Waals surface area contributed by atoms with Crippen molar-refractivity contribution in [3.05, 3.63) is 45.8 Å². The number of thiophene rings is 1. The van der Waals surface area contributed by atoms with Crippen LogP contribution in [0.15, 0.2) is 24.3 Å². The molecule has 0 fully saturated rings. The highest BCUT2D eigenvalue weighted by molar-refractivity contribution is 7.17. The molecule has 6 nitrogen and oxygen atoms in total. The van der Waals surface area contributed by atoms with Gasteiger partial charge in [0, 0.05) is 18.0 Å². The third-order valence-electron chi connectivity index (χ3n) is 4.63. The van der Waals surface area contributed by atoms with Gasteiger partial charge in [0.1, 0.15) is 10.8 Å². The minimum atomic E-state index is -0.494. The third-order valence-corrected chi connectivity index (χ3v) is 5.76. The maximum Gasteiger partial charge on any atom is 0.262 e. The Kier molecular flexibility index (Phi) is 6.13. The van der Waals surface area contributed by atoms with Crippen molar-refractivity contribution in [2.45, 2.75) is 33.2 Å². The van der Waals surface area contributed by atoms with Crippen LogP contribution in [0.5, 0.6) is 5.75 Å². The summed E-state index contributed by atoms with van der Waals surface area (Å²) in [5.74, 6) is -0.125. The van der Waals surface area contributed by atoms with Gasteiger partial charge in [-0.05, 0) is 43.5 Å². The fraction of sp³-hybridized carbons (Fsp3) is 0.400. The van der Waals surface area contributed by atoms with Crippen molar-refractivity contribution in [1.29, 1.82) is 0 Å². The topological polar surface area (TPSA) is 84.7 Å². The lowest BCUT2D eigenvalue weighted by Gasteiger charge is -2.26. The van der Waals surface area contributed by atoms with E-state index in [9.17, 15) is 9.59 Å². The highest BCUT2D eigenvalue weighted by Gasteiger charge is 2.27. The van der Waals surface area contributed by atoms with E-state index in [-0.39, 0.29) is 12.5 Å². The Balaban J connectivity index is 1.71. The van der Waals surface area contributed by atoms with Crippen LogP contribution in [-0.4, -0.2) is 36.4 Å². The van der Waals surface area contributed by atoms with Gasteiger partial charge in [-0.1, -0.05) is 25.1 Å². The van der Waals surface area contributed by atoms with Crippen LogP contribution in [0.1, 0.15) is 39.7 Å². The molecule has 144 valence electrons. The number of nitrogens with zero attached hydrogens (tertiary/aromatic N) is 1. The van der Waals surface area contributed by atoms with Gasteiger partial charge in [0.2, 0.25) is 0 Å². The highest BCUT2D eigenvalue weighted by atomic mass is 32.1. The van der Waals surface area contributed by atoms with E-state index in [4.69, 9.17) is 10.5 Å². The molecule has 0 bridgehead atoms. The summed E-state index contributed by atoms with van der Waals surface area (Å²) in [6.45, 7) is 6.68. The molecule has 1 aromatic heterocycles. The van der Waals surface area contributed by atoms with Crippen LogP contribution in [0.4, 0.5) is 5.00 Å². The first-order valence-corrected chi connectivity index (χ1v) is 9.96. The molecule has 1 aliphatic rings. The summed E-state index contributed by atoms with van der Waals surface area (Å²) in [5.41, 5.74) is 8.01. The van der Waals surface area contributed by atoms with Crippen molar-refractivity contribution < 1.29 is 14.3 Å². The zero-order chi connectivity index (χ0) is 19.4. The molecule has 1 aromatic carbocycles. The molecule has 27 heavy (non-hydrogen) atoms. The number of ether oxygens (including phenoxy) is 1. The van der Waals surface area contributed by atoms with Gasteiger partial charge in [0.15, 0.2) is 6.61 Å². The molecule has 0 atom stereocenters. The molecule has 2 heterocycles. The Morgan fingerprint density at radius 1 is 1.33 bits per heavy atom. The van der Waals surface area contributed by atoms with Gasteiger partial charge in [-0.25, -0.2) is 0 Å². The lowest BCUT2D eigenvalue weighted by atomic mass is 10.0. The summed E-state index contributed by atoms with van der Waals surface area (Å²) in [4.78, 5) is 27.8. The molecule has 7 heteroatoms. The quantitative estimate of drug-likeness (QED) is 0.765. The van der Waals surface area contributed by atoms with E-state index in [0.29, 0.717) is 16.3 Å². The van der Waals surface area contributed by atoms with Crippen molar-refractivity contribution in [2.24, 2.45) is 5.73 Å². The Morgan fingerprint density at radius 2 is 2.11 bits per heavy atom. The fourth-order valence-corrected chi connectivity index (χ4v) is 4.65. The number of fused-ring (bicyclic) bond motifs is 1. The van der Waals surface area contributed by atoms with Gasteiger partial charge < -0.3 is 15.8 Å². The summed E-state index contributed by atoms with van der Waals surface area (Å²) >= 11 is 1.44. The molecule has 0 aliphatic carbocycles. The second-order valence-corrected chi connectivity index (χ2v) is 7.81. The number of carbonyl (C=O) groups is 2. The summed E-state index contributed by atoms with van der Waals surface area (Å²) in [6.07, 6.45) is 1.86. The van der Waals surface area contributed by atoms with Crippen LogP contribution < -0.4 is 15.8 Å². The van der Waals surface area contributed by atoms with E-state index in [0.717, 1.165) is 48.5 Å². The SMILES string of the molecule is CCCN1CCc2c(sc(NC(=O)COc3ccccc3C)c2C(N)=O)C1. The predicted molar refractivity (Wildman–Crippen MR) is 107 cm³/mol. The minimum Gasteiger partial charge on any atom is -0.483 e. The van der Waals surface area contributed by atoms with E-state index in [1.807, 2.05) is 31.2 Å². The first-order chi connectivity index (χ1) is 13.0. The van der Waals surface area contributed by atoms with E-state index < -0.39 is 5.91 Å².